The number of benzene rings is 9. The quantitative estimate of drug-likeness (QED) is 0.162. The summed E-state index contributed by atoms with van der Waals surface area (Å²) in [5, 5.41) is 4.84. The van der Waals surface area contributed by atoms with Gasteiger partial charge in [0.25, 0.3) is 0 Å². The Hall–Kier alpha value is -8.41. The molecule has 0 aliphatic heterocycles. The molecule has 0 aliphatic rings. The zero-order valence-corrected chi connectivity index (χ0v) is 33.6. The van der Waals surface area contributed by atoms with Gasteiger partial charge in [-0.3, -0.25) is 0 Å². The third-order valence-electron chi connectivity index (χ3n) is 12.0. The van der Waals surface area contributed by atoms with E-state index in [1.54, 1.807) is 0 Å². The zero-order valence-electron chi connectivity index (χ0n) is 33.6. The molecule has 12 aromatic rings. The highest BCUT2D eigenvalue weighted by Crippen LogP contribution is 2.42. The second-order valence-corrected chi connectivity index (χ2v) is 15.6. The van der Waals surface area contributed by atoms with E-state index in [-0.39, 0.29) is 0 Å². The van der Waals surface area contributed by atoms with Crippen molar-refractivity contribution in [2.45, 2.75) is 0 Å². The number of nitrogens with zero attached hydrogens (tertiary/aromatic N) is 5. The summed E-state index contributed by atoms with van der Waals surface area (Å²) >= 11 is 0. The summed E-state index contributed by atoms with van der Waals surface area (Å²) in [6.07, 6.45) is 0. The molecule has 9 aromatic carbocycles. The van der Waals surface area contributed by atoms with Crippen molar-refractivity contribution in [1.29, 1.82) is 0 Å². The molecule has 0 saturated carbocycles. The molecule has 0 spiro atoms. The van der Waals surface area contributed by atoms with E-state index in [0.29, 0.717) is 17.5 Å². The van der Waals surface area contributed by atoms with Crippen LogP contribution in [0.4, 0.5) is 0 Å². The number of hydrogen-bond donors (Lipinski definition) is 0. The van der Waals surface area contributed by atoms with Crippen molar-refractivity contribution in [2.75, 3.05) is 0 Å². The standard InChI is InChI=1S/C57H37N5/c1-4-19-38(20-5-1)42-25-10-11-28-46(42)57-59-55(40-23-8-3-9-24-40)58-56(60-57)41-35-36-43(39-21-6-2-7-22-39)53(37-41)62-50-32-17-14-29-47(50)54-51(33-18-34-52(54)62)61-48-30-15-12-26-44(48)45-27-13-16-31-49(45)61/h1-37H. The monoisotopic (exact) mass is 791 g/mol. The van der Waals surface area contributed by atoms with Crippen LogP contribution in [0.1, 0.15) is 0 Å². The molecule has 0 unspecified atom stereocenters. The molecule has 0 atom stereocenters. The fraction of sp³-hybridized carbons (Fsp3) is 0. The average molecular weight is 792 g/mol. The van der Waals surface area contributed by atoms with Gasteiger partial charge >= 0.3 is 0 Å². The number of rotatable bonds is 7. The van der Waals surface area contributed by atoms with Crippen molar-refractivity contribution in [3.63, 3.8) is 0 Å². The van der Waals surface area contributed by atoms with Gasteiger partial charge in [-0.05, 0) is 53.1 Å². The molecule has 0 aliphatic carbocycles. The molecule has 0 radical (unpaired) electrons. The van der Waals surface area contributed by atoms with Gasteiger partial charge in [0, 0.05) is 43.8 Å². The molecule has 3 aromatic heterocycles. The Labute approximate surface area is 358 Å². The third-order valence-corrected chi connectivity index (χ3v) is 12.0. The second-order valence-electron chi connectivity index (χ2n) is 15.6. The van der Waals surface area contributed by atoms with E-state index in [1.165, 1.54) is 32.6 Å². The normalized spacial score (nSPS) is 11.5. The molecule has 12 rings (SSSR count). The largest absolute Gasteiger partial charge is 0.309 e. The van der Waals surface area contributed by atoms with Crippen molar-refractivity contribution in [3.05, 3.63) is 224 Å². The van der Waals surface area contributed by atoms with Crippen LogP contribution in [-0.4, -0.2) is 24.1 Å². The first-order valence-corrected chi connectivity index (χ1v) is 21.0. The van der Waals surface area contributed by atoms with Gasteiger partial charge in [0.15, 0.2) is 17.5 Å². The average Bonchev–Trinajstić information content (AvgIpc) is 3.88. The zero-order chi connectivity index (χ0) is 41.0. The molecule has 0 saturated heterocycles. The Balaban J connectivity index is 1.13. The van der Waals surface area contributed by atoms with Crippen LogP contribution in [0.15, 0.2) is 224 Å². The smallest absolute Gasteiger partial charge is 0.164 e. The summed E-state index contributed by atoms with van der Waals surface area (Å²) < 4.78 is 4.86. The Morgan fingerprint density at radius 2 is 0.710 bits per heavy atom. The summed E-state index contributed by atoms with van der Waals surface area (Å²) in [7, 11) is 0. The van der Waals surface area contributed by atoms with Crippen LogP contribution in [-0.2, 0) is 0 Å². The van der Waals surface area contributed by atoms with Gasteiger partial charge < -0.3 is 9.13 Å². The summed E-state index contributed by atoms with van der Waals surface area (Å²) in [5.41, 5.74) is 13.9. The van der Waals surface area contributed by atoms with Crippen LogP contribution in [0.5, 0.6) is 0 Å². The van der Waals surface area contributed by atoms with Crippen LogP contribution < -0.4 is 0 Å². The molecule has 0 amide bonds. The fourth-order valence-corrected chi connectivity index (χ4v) is 9.24. The number of aromatic nitrogens is 5. The molecule has 3 heterocycles. The van der Waals surface area contributed by atoms with Crippen molar-refractivity contribution in [2.24, 2.45) is 0 Å². The Morgan fingerprint density at radius 1 is 0.258 bits per heavy atom. The van der Waals surface area contributed by atoms with Crippen molar-refractivity contribution in [3.8, 4) is 67.8 Å². The van der Waals surface area contributed by atoms with Crippen LogP contribution in [0, 0.1) is 0 Å². The summed E-state index contributed by atoms with van der Waals surface area (Å²) in [6.45, 7) is 0. The van der Waals surface area contributed by atoms with Gasteiger partial charge in [0.2, 0.25) is 0 Å². The number of para-hydroxylation sites is 3. The second kappa shape index (κ2) is 14.7. The molecule has 5 heteroatoms. The van der Waals surface area contributed by atoms with E-state index in [4.69, 9.17) is 15.0 Å². The minimum Gasteiger partial charge on any atom is -0.309 e. The SMILES string of the molecule is c1ccc(-c2nc(-c3ccc(-c4ccccc4)c(-n4c5ccccc5c5c(-n6c7ccccc7c7ccccc76)cccc54)c3)nc(-c3ccccc3-c3ccccc3)n2)cc1. The van der Waals surface area contributed by atoms with E-state index in [0.717, 1.165) is 61.4 Å². The maximum absolute atomic E-state index is 5.31. The Morgan fingerprint density at radius 3 is 1.35 bits per heavy atom. The molecule has 5 nitrogen and oxygen atoms in total. The topological polar surface area (TPSA) is 48.5 Å². The number of hydrogen-bond acceptors (Lipinski definition) is 3. The molecule has 0 bridgehead atoms. The first kappa shape index (κ1) is 35.5. The molecule has 0 fully saturated rings. The lowest BCUT2D eigenvalue weighted by molar-refractivity contribution is 1.07. The first-order valence-electron chi connectivity index (χ1n) is 21.0. The highest BCUT2D eigenvalue weighted by atomic mass is 15.0. The molecule has 62 heavy (non-hydrogen) atoms. The summed E-state index contributed by atoms with van der Waals surface area (Å²) in [6, 6.07) is 79.2. The number of fused-ring (bicyclic) bond motifs is 6. The van der Waals surface area contributed by atoms with Crippen molar-refractivity contribution in [1.82, 2.24) is 24.1 Å². The molecule has 290 valence electrons. The molecule has 0 N–H and O–H groups in total. The lowest BCUT2D eigenvalue weighted by Crippen LogP contribution is -2.03. The predicted molar refractivity (Wildman–Crippen MR) is 256 cm³/mol. The van der Waals surface area contributed by atoms with Crippen LogP contribution in [0.25, 0.3) is 111 Å². The van der Waals surface area contributed by atoms with Gasteiger partial charge in [-0.1, -0.05) is 188 Å². The molecular formula is C57H37N5. The van der Waals surface area contributed by atoms with E-state index < -0.39 is 0 Å². The third kappa shape index (κ3) is 5.82. The van der Waals surface area contributed by atoms with Crippen molar-refractivity contribution >= 4 is 43.6 Å². The van der Waals surface area contributed by atoms with Crippen LogP contribution >= 0.6 is 0 Å². The minimum absolute atomic E-state index is 0.601. The van der Waals surface area contributed by atoms with Gasteiger partial charge in [-0.15, -0.1) is 0 Å². The van der Waals surface area contributed by atoms with Gasteiger partial charge in [0.1, 0.15) is 0 Å². The maximum Gasteiger partial charge on any atom is 0.164 e. The summed E-state index contributed by atoms with van der Waals surface area (Å²) in [5.74, 6) is 1.84. The maximum atomic E-state index is 5.31. The van der Waals surface area contributed by atoms with E-state index in [2.05, 4.69) is 209 Å². The van der Waals surface area contributed by atoms with E-state index in [9.17, 15) is 0 Å². The van der Waals surface area contributed by atoms with Gasteiger partial charge in [0.05, 0.1) is 33.4 Å². The van der Waals surface area contributed by atoms with Gasteiger partial charge in [-0.2, -0.15) is 0 Å². The van der Waals surface area contributed by atoms with Gasteiger partial charge in [-0.25, -0.2) is 15.0 Å². The minimum atomic E-state index is 0.601. The van der Waals surface area contributed by atoms with E-state index in [1.807, 2.05) is 24.3 Å². The Kier molecular flexibility index (Phi) is 8.42. The van der Waals surface area contributed by atoms with Crippen LogP contribution in [0.3, 0.4) is 0 Å². The predicted octanol–water partition coefficient (Wildman–Crippen LogP) is 14.4. The first-order chi connectivity index (χ1) is 30.8. The lowest BCUT2D eigenvalue weighted by Gasteiger charge is -2.17. The fourth-order valence-electron chi connectivity index (χ4n) is 9.24. The van der Waals surface area contributed by atoms with Crippen LogP contribution in [0.2, 0.25) is 0 Å². The highest BCUT2D eigenvalue weighted by molar-refractivity contribution is 6.16. The molecular weight excluding hydrogens is 755 g/mol. The Bertz CT molecular complexity index is 3570. The summed E-state index contributed by atoms with van der Waals surface area (Å²) in [4.78, 5) is 15.7. The van der Waals surface area contributed by atoms with Crippen molar-refractivity contribution < 1.29 is 0 Å². The highest BCUT2D eigenvalue weighted by Gasteiger charge is 2.22. The van der Waals surface area contributed by atoms with E-state index >= 15 is 0 Å². The lowest BCUT2D eigenvalue weighted by atomic mass is 9.99.